The van der Waals surface area contributed by atoms with E-state index >= 15 is 0 Å². The average Bonchev–Trinajstić information content (AvgIpc) is 2.68. The quantitative estimate of drug-likeness (QED) is 0.773. The van der Waals surface area contributed by atoms with E-state index < -0.39 is 0 Å². The molecule has 18 heavy (non-hydrogen) atoms. The average molecular weight is 242 g/mol. The number of ketones is 1. The summed E-state index contributed by atoms with van der Waals surface area (Å²) < 4.78 is 1.88. The number of aromatic nitrogens is 2. The minimum absolute atomic E-state index is 0.113. The van der Waals surface area contributed by atoms with Gasteiger partial charge in [-0.15, -0.1) is 0 Å². The minimum Gasteiger partial charge on any atom is -0.337 e. The Morgan fingerprint density at radius 3 is 2.61 bits per heavy atom. The molecule has 0 aliphatic rings. The fourth-order valence-corrected chi connectivity index (χ4v) is 1.96. The number of carbonyl (C=O) groups excluding carboxylic acids is 1. The monoisotopic (exact) mass is 242 g/mol. The predicted molar refractivity (Wildman–Crippen MR) is 71.8 cm³/mol. The first-order valence-corrected chi connectivity index (χ1v) is 6.15. The van der Waals surface area contributed by atoms with E-state index in [2.05, 4.69) is 24.0 Å². The Balaban J connectivity index is 2.03. The van der Waals surface area contributed by atoms with Crippen molar-refractivity contribution in [1.29, 1.82) is 0 Å². The van der Waals surface area contributed by atoms with Crippen LogP contribution in [-0.2, 0) is 13.5 Å². The fraction of sp³-hybridized carbons (Fsp3) is 0.333. The van der Waals surface area contributed by atoms with Crippen LogP contribution in [0.5, 0.6) is 0 Å². The van der Waals surface area contributed by atoms with Gasteiger partial charge >= 0.3 is 0 Å². The van der Waals surface area contributed by atoms with Gasteiger partial charge in [0.25, 0.3) is 0 Å². The molecular weight excluding hydrogens is 224 g/mol. The van der Waals surface area contributed by atoms with Crippen molar-refractivity contribution in [3.8, 4) is 0 Å². The Labute approximate surface area is 107 Å². The van der Waals surface area contributed by atoms with Gasteiger partial charge in [0, 0.05) is 19.7 Å². The van der Waals surface area contributed by atoms with E-state index in [0.29, 0.717) is 12.1 Å². The number of imidazole rings is 1. The maximum absolute atomic E-state index is 12.0. The summed E-state index contributed by atoms with van der Waals surface area (Å²) in [5.41, 5.74) is 3.05. The van der Waals surface area contributed by atoms with Crippen LogP contribution in [0.4, 0.5) is 0 Å². The molecular formula is C15H18N2O. The standard InChI is InChI=1S/C15H18N2O/c1-11-6-4-5-7-13(11)8-9-15(18)14-10-17(3)12(2)16-14/h4-7,10H,8-9H2,1-3H3. The SMILES string of the molecule is Cc1ccccc1CCC(=O)c1cn(C)c(C)n1. The van der Waals surface area contributed by atoms with Crippen LogP contribution in [0.1, 0.15) is 33.9 Å². The molecule has 0 amide bonds. The van der Waals surface area contributed by atoms with E-state index in [1.165, 1.54) is 11.1 Å². The summed E-state index contributed by atoms with van der Waals surface area (Å²) in [5, 5.41) is 0. The van der Waals surface area contributed by atoms with E-state index in [9.17, 15) is 4.79 Å². The van der Waals surface area contributed by atoms with Gasteiger partial charge in [-0.3, -0.25) is 4.79 Å². The number of nitrogens with zero attached hydrogens (tertiary/aromatic N) is 2. The number of rotatable bonds is 4. The Morgan fingerprint density at radius 2 is 2.00 bits per heavy atom. The molecule has 0 spiro atoms. The van der Waals surface area contributed by atoms with Crippen LogP contribution in [0.2, 0.25) is 0 Å². The first kappa shape index (κ1) is 12.6. The maximum Gasteiger partial charge on any atom is 0.183 e. The molecule has 0 unspecified atom stereocenters. The van der Waals surface area contributed by atoms with Crippen LogP contribution < -0.4 is 0 Å². The lowest BCUT2D eigenvalue weighted by Gasteiger charge is -2.03. The number of hydrogen-bond acceptors (Lipinski definition) is 2. The molecule has 2 rings (SSSR count). The third kappa shape index (κ3) is 2.67. The molecule has 2 aromatic rings. The molecule has 0 fully saturated rings. The zero-order chi connectivity index (χ0) is 13.1. The molecule has 0 bridgehead atoms. The van der Waals surface area contributed by atoms with Gasteiger partial charge < -0.3 is 4.57 Å². The number of Topliss-reactive ketones (excluding diaryl/α,β-unsaturated/α-hetero) is 1. The summed E-state index contributed by atoms with van der Waals surface area (Å²) in [6.45, 7) is 3.98. The number of aryl methyl sites for hydroxylation is 4. The van der Waals surface area contributed by atoms with Gasteiger partial charge in [0.15, 0.2) is 5.78 Å². The Bertz CT molecular complexity index is 550. The van der Waals surface area contributed by atoms with Crippen LogP contribution in [0.3, 0.4) is 0 Å². The summed E-state index contributed by atoms with van der Waals surface area (Å²) >= 11 is 0. The van der Waals surface area contributed by atoms with Crippen molar-refractivity contribution in [3.05, 3.63) is 53.1 Å². The smallest absolute Gasteiger partial charge is 0.183 e. The van der Waals surface area contributed by atoms with Gasteiger partial charge in [-0.25, -0.2) is 4.98 Å². The van der Waals surface area contributed by atoms with Crippen molar-refractivity contribution in [2.75, 3.05) is 0 Å². The Kier molecular flexibility index (Phi) is 3.60. The lowest BCUT2D eigenvalue weighted by Crippen LogP contribution is -2.02. The number of hydrogen-bond donors (Lipinski definition) is 0. The number of carbonyl (C=O) groups is 1. The molecule has 3 heteroatoms. The fourth-order valence-electron chi connectivity index (χ4n) is 1.96. The molecule has 0 aliphatic carbocycles. The highest BCUT2D eigenvalue weighted by molar-refractivity contribution is 5.94. The normalized spacial score (nSPS) is 10.6. The van der Waals surface area contributed by atoms with Gasteiger partial charge in [0.1, 0.15) is 11.5 Å². The van der Waals surface area contributed by atoms with Crippen LogP contribution in [-0.4, -0.2) is 15.3 Å². The highest BCUT2D eigenvalue weighted by Crippen LogP contribution is 2.12. The lowest BCUT2D eigenvalue weighted by molar-refractivity contribution is 0.0978. The van der Waals surface area contributed by atoms with E-state index in [4.69, 9.17) is 0 Å². The molecule has 94 valence electrons. The van der Waals surface area contributed by atoms with Crippen LogP contribution in [0, 0.1) is 13.8 Å². The maximum atomic E-state index is 12.0. The van der Waals surface area contributed by atoms with E-state index in [1.807, 2.05) is 30.7 Å². The molecule has 1 heterocycles. The van der Waals surface area contributed by atoms with Crippen molar-refractivity contribution in [2.45, 2.75) is 26.7 Å². The van der Waals surface area contributed by atoms with Gasteiger partial charge in [-0.2, -0.15) is 0 Å². The van der Waals surface area contributed by atoms with Crippen LogP contribution >= 0.6 is 0 Å². The molecule has 0 saturated carbocycles. The summed E-state index contributed by atoms with van der Waals surface area (Å²) in [5.74, 6) is 0.983. The molecule has 0 saturated heterocycles. The summed E-state index contributed by atoms with van der Waals surface area (Å²) in [4.78, 5) is 16.3. The van der Waals surface area contributed by atoms with Crippen molar-refractivity contribution >= 4 is 5.78 Å². The molecule has 0 N–H and O–H groups in total. The molecule has 3 nitrogen and oxygen atoms in total. The zero-order valence-corrected chi connectivity index (χ0v) is 11.1. The second kappa shape index (κ2) is 5.17. The second-order valence-electron chi connectivity index (χ2n) is 4.63. The van der Waals surface area contributed by atoms with Gasteiger partial charge in [-0.05, 0) is 31.4 Å². The zero-order valence-electron chi connectivity index (χ0n) is 11.1. The highest BCUT2D eigenvalue weighted by atomic mass is 16.1. The van der Waals surface area contributed by atoms with Crippen molar-refractivity contribution in [2.24, 2.45) is 7.05 Å². The van der Waals surface area contributed by atoms with Gasteiger partial charge in [0.2, 0.25) is 0 Å². The highest BCUT2D eigenvalue weighted by Gasteiger charge is 2.11. The molecule has 1 aromatic carbocycles. The second-order valence-corrected chi connectivity index (χ2v) is 4.63. The largest absolute Gasteiger partial charge is 0.337 e. The van der Waals surface area contributed by atoms with Gasteiger partial charge in [0.05, 0.1) is 0 Å². The molecule has 1 aromatic heterocycles. The van der Waals surface area contributed by atoms with Crippen molar-refractivity contribution in [1.82, 2.24) is 9.55 Å². The van der Waals surface area contributed by atoms with Crippen LogP contribution in [0.25, 0.3) is 0 Å². The van der Waals surface area contributed by atoms with E-state index in [0.717, 1.165) is 12.2 Å². The Hall–Kier alpha value is -1.90. The van der Waals surface area contributed by atoms with Crippen molar-refractivity contribution < 1.29 is 4.79 Å². The van der Waals surface area contributed by atoms with Crippen LogP contribution in [0.15, 0.2) is 30.5 Å². The molecule has 0 atom stereocenters. The van der Waals surface area contributed by atoms with E-state index in [1.54, 1.807) is 6.20 Å². The number of benzene rings is 1. The van der Waals surface area contributed by atoms with Crippen molar-refractivity contribution in [3.63, 3.8) is 0 Å². The summed E-state index contributed by atoms with van der Waals surface area (Å²) in [7, 11) is 1.90. The summed E-state index contributed by atoms with van der Waals surface area (Å²) in [6, 6.07) is 8.18. The minimum atomic E-state index is 0.113. The van der Waals surface area contributed by atoms with Gasteiger partial charge in [-0.1, -0.05) is 24.3 Å². The first-order valence-electron chi connectivity index (χ1n) is 6.15. The third-order valence-electron chi connectivity index (χ3n) is 3.28. The molecule has 0 radical (unpaired) electrons. The predicted octanol–water partition coefficient (Wildman–Crippen LogP) is 2.85. The summed E-state index contributed by atoms with van der Waals surface area (Å²) in [6.07, 6.45) is 3.10. The Morgan fingerprint density at radius 1 is 1.28 bits per heavy atom. The topological polar surface area (TPSA) is 34.9 Å². The molecule has 0 aliphatic heterocycles. The third-order valence-corrected chi connectivity index (χ3v) is 3.28. The lowest BCUT2D eigenvalue weighted by atomic mass is 10.0. The first-order chi connectivity index (χ1) is 8.58. The van der Waals surface area contributed by atoms with E-state index in [-0.39, 0.29) is 5.78 Å².